The number of carbonyl (C=O) groups excluding carboxylic acids is 10. The molecule has 36 rings (SSSR count). The van der Waals surface area contributed by atoms with Crippen molar-refractivity contribution in [2.24, 2.45) is 325 Å². The Morgan fingerprint density at radius 2 is 0.570 bits per heavy atom. The van der Waals surface area contributed by atoms with Crippen molar-refractivity contribution in [3.05, 3.63) is 97.2 Å². The van der Waals surface area contributed by atoms with Crippen molar-refractivity contribution < 1.29 is 85.8 Å². The Bertz CT molecular complexity index is 4780. The molecule has 0 aromatic heterocycles. The fourth-order valence-electron chi connectivity index (χ4n) is 41.6. The number of carbonyl (C=O) groups is 10. The lowest BCUT2D eigenvalue weighted by Crippen LogP contribution is -2.54. The molecule has 634 valence electrons. The Balaban J connectivity index is 0.0000000701. The highest BCUT2D eigenvalue weighted by molar-refractivity contribution is 5.99. The van der Waals surface area contributed by atoms with E-state index in [2.05, 4.69) is 97.2 Å². The van der Waals surface area contributed by atoms with Crippen LogP contribution in [0, 0.1) is 325 Å². The fourth-order valence-corrected chi connectivity index (χ4v) is 41.6. The van der Waals surface area contributed by atoms with Gasteiger partial charge in [-0.1, -0.05) is 97.2 Å². The Morgan fingerprint density at radius 3 is 1.02 bits per heavy atom. The maximum Gasteiger partial charge on any atom is 0.317 e. The number of fused-ring (bicyclic) bond motifs is 77. The number of cyclic esters (lactones) is 10. The van der Waals surface area contributed by atoms with E-state index in [1.54, 1.807) is 0 Å². The summed E-state index contributed by atoms with van der Waals surface area (Å²) in [5.41, 5.74) is 0.219. The third-order valence-corrected chi connectivity index (χ3v) is 44.6. The molecular weight excluding hydrogens is 1530 g/mol. The zero-order chi connectivity index (χ0) is 80.0. The van der Waals surface area contributed by atoms with Crippen LogP contribution >= 0.6 is 0 Å². The summed E-state index contributed by atoms with van der Waals surface area (Å²) in [5.74, 6) is 33.5. The van der Waals surface area contributed by atoms with Crippen molar-refractivity contribution in [3.8, 4) is 0 Å². The SMILES string of the molecule is O=C1CC2(CO1)CC1C=CC2C1.O=C1OC(=O)C2C1C1C3CC(C4CC=CC43)C21.O=C1OC(=O)C2C3CC(C12)C1C2C=CC(C2)C31.O=C1OCC2C1C1C3CC(C4C=CCC43)C21.O=C1OCC2C1C1C3CC(C4CC=CC43)C21.O=C1OCC2C3C=CC(C3)C12.O=C1OCC2C3CC(C12)C1C2C=CC(C2)C31.O=C1OCC2C3CC(C12)C1C2C=CC(C2)C31. The fraction of sp³-hybridized carbons (Fsp3) is 0.748. The van der Waals surface area contributed by atoms with Gasteiger partial charge < -0.3 is 37.9 Å². The van der Waals surface area contributed by atoms with Crippen LogP contribution in [0.2, 0.25) is 0 Å². The van der Waals surface area contributed by atoms with Crippen molar-refractivity contribution in [3.63, 3.8) is 0 Å². The maximum absolute atomic E-state index is 11.8. The lowest BCUT2D eigenvalue weighted by molar-refractivity contribution is -0.156. The van der Waals surface area contributed by atoms with Gasteiger partial charge in [0.05, 0.1) is 99.3 Å². The first-order valence-corrected chi connectivity index (χ1v) is 49.0. The number of hydrogen-bond acceptors (Lipinski definition) is 18. The molecular formula is C103H114O18. The summed E-state index contributed by atoms with van der Waals surface area (Å²) in [6.07, 6.45) is 57.8. The lowest BCUT2D eigenvalue weighted by atomic mass is 9.49. The molecule has 36 aliphatic rings. The van der Waals surface area contributed by atoms with E-state index in [1.165, 1.54) is 89.9 Å². The molecule has 1 spiro atoms. The van der Waals surface area contributed by atoms with Gasteiger partial charge in [-0.3, -0.25) is 47.9 Å². The molecule has 8 heterocycles. The Hall–Kier alpha value is -6.98. The summed E-state index contributed by atoms with van der Waals surface area (Å²) in [4.78, 5) is 116. The van der Waals surface area contributed by atoms with Crippen molar-refractivity contribution in [2.45, 2.75) is 103 Å². The topological polar surface area (TPSA) is 245 Å². The predicted octanol–water partition coefficient (Wildman–Crippen LogP) is 12.7. The van der Waals surface area contributed by atoms with Crippen LogP contribution in [0.4, 0.5) is 0 Å². The van der Waals surface area contributed by atoms with Gasteiger partial charge >= 0.3 is 59.7 Å². The van der Waals surface area contributed by atoms with Crippen LogP contribution in [0.5, 0.6) is 0 Å². The molecule has 0 aromatic carbocycles. The summed E-state index contributed by atoms with van der Waals surface area (Å²) >= 11 is 0. The smallest absolute Gasteiger partial charge is 0.317 e. The van der Waals surface area contributed by atoms with Gasteiger partial charge in [0.1, 0.15) is 0 Å². The first-order chi connectivity index (χ1) is 59.1. The van der Waals surface area contributed by atoms with Crippen LogP contribution in [0.25, 0.3) is 0 Å². The highest BCUT2D eigenvalue weighted by Crippen LogP contribution is 2.78. The molecule has 121 heavy (non-hydrogen) atoms. The molecule has 22 bridgehead atoms. The van der Waals surface area contributed by atoms with Gasteiger partial charge in [0.15, 0.2) is 0 Å². The second-order valence-electron chi connectivity index (χ2n) is 46.9. The van der Waals surface area contributed by atoms with Gasteiger partial charge in [-0.05, 0) is 333 Å². The molecule has 55 atom stereocenters. The minimum atomic E-state index is -0.229. The van der Waals surface area contributed by atoms with E-state index >= 15 is 0 Å². The van der Waals surface area contributed by atoms with Gasteiger partial charge in [0, 0.05) is 35.0 Å². The Kier molecular flexibility index (Phi) is 15.1. The van der Waals surface area contributed by atoms with E-state index in [0.29, 0.717) is 179 Å². The van der Waals surface area contributed by atoms with E-state index in [9.17, 15) is 47.9 Å². The van der Waals surface area contributed by atoms with Crippen LogP contribution in [0.1, 0.15) is 103 Å². The molecule has 28 aliphatic carbocycles. The van der Waals surface area contributed by atoms with E-state index in [0.717, 1.165) is 163 Å². The van der Waals surface area contributed by atoms with E-state index in [4.69, 9.17) is 37.9 Å². The van der Waals surface area contributed by atoms with Gasteiger partial charge in [0.25, 0.3) is 0 Å². The molecule has 0 aromatic rings. The Labute approximate surface area is 706 Å². The van der Waals surface area contributed by atoms with Crippen LogP contribution in [0.15, 0.2) is 97.2 Å². The summed E-state index contributed by atoms with van der Waals surface area (Å²) in [7, 11) is 0. The largest absolute Gasteiger partial charge is 0.465 e. The summed E-state index contributed by atoms with van der Waals surface area (Å²) in [6.45, 7) is 4.28. The first kappa shape index (κ1) is 72.2. The predicted molar refractivity (Wildman–Crippen MR) is 426 cm³/mol. The third kappa shape index (κ3) is 9.30. The second kappa shape index (κ2) is 25.2. The molecule has 0 radical (unpaired) electrons. The number of hydrogen-bond donors (Lipinski definition) is 0. The molecule has 55 unspecified atom stereocenters. The minimum Gasteiger partial charge on any atom is -0.465 e. The number of esters is 10. The number of rotatable bonds is 0. The van der Waals surface area contributed by atoms with Gasteiger partial charge in [-0.15, -0.1) is 0 Å². The molecule has 8 aliphatic heterocycles. The molecule has 28 fully saturated rings. The second-order valence-corrected chi connectivity index (χ2v) is 46.9. The zero-order valence-corrected chi connectivity index (χ0v) is 68.8. The van der Waals surface area contributed by atoms with Crippen molar-refractivity contribution >= 4 is 59.7 Å². The number of ether oxygens (including phenoxy) is 8. The lowest BCUT2D eigenvalue weighted by Gasteiger charge is -2.52. The zero-order valence-electron chi connectivity index (χ0n) is 68.8. The third-order valence-electron chi connectivity index (χ3n) is 44.6. The van der Waals surface area contributed by atoms with Crippen LogP contribution in [0.3, 0.4) is 0 Å². The Morgan fingerprint density at radius 1 is 0.231 bits per heavy atom. The van der Waals surface area contributed by atoms with Crippen molar-refractivity contribution in [2.75, 3.05) is 39.6 Å². The summed E-state index contributed by atoms with van der Waals surface area (Å²) < 4.78 is 40.9. The van der Waals surface area contributed by atoms with E-state index in [1.807, 2.05) is 0 Å². The monoisotopic (exact) mass is 1640 g/mol. The average Bonchev–Trinajstić information content (AvgIpc) is 1.48. The maximum atomic E-state index is 11.8. The van der Waals surface area contributed by atoms with Crippen molar-refractivity contribution in [1.82, 2.24) is 0 Å². The van der Waals surface area contributed by atoms with Crippen molar-refractivity contribution in [1.29, 1.82) is 0 Å². The van der Waals surface area contributed by atoms with Gasteiger partial charge in [-0.25, -0.2) is 0 Å². The highest BCUT2D eigenvalue weighted by atomic mass is 16.6. The first-order valence-electron chi connectivity index (χ1n) is 49.0. The molecule has 18 heteroatoms. The quantitative estimate of drug-likeness (QED) is 0.0719. The normalized spacial score (nSPS) is 60.5. The van der Waals surface area contributed by atoms with Crippen LogP contribution in [-0.4, -0.2) is 99.3 Å². The molecule has 8 saturated heterocycles. The van der Waals surface area contributed by atoms with Crippen LogP contribution in [-0.2, 0) is 85.8 Å². The molecule has 0 amide bonds. The standard InChI is InChI=1S/2C14H14O3.4C14H16O2.C10H12O2.C9H10O2/c15-13-11-7-4-8(12(11)14(16)17-13)10-6-2-1-5(3-6)9(7)10;15-13-11-9-7-4-8(6-3-1-2-5(6)7)10(9)12(11)14(16)17-13;2*15-14-13-9-4-8(10(13)5-16-14)11-6-1-2-7(3-6)12(9)11;2*15-14-13-10(5-16-14)11-8-4-9(12(11)13)7-3-1-2-6(7)8;11-9-5-10(6-12-9)4-7-1-2-8(10)3-7;10-9-8-6-2-1-5(3-6)7(8)4-11-9/h2*1-2,5-12H,3-4H2;2*1-2,6-13H,3-5H2;1,3,6-13H,2,4-5H2;1-2,6-13H,3-5H2;1-2,7-8H,3-6H2;1-2,5-8H,3-4H2. The van der Waals surface area contributed by atoms with E-state index in [-0.39, 0.29) is 94.7 Å². The van der Waals surface area contributed by atoms with Gasteiger partial charge in [-0.2, -0.15) is 0 Å². The highest BCUT2D eigenvalue weighted by Gasteiger charge is 2.78. The molecule has 18 nitrogen and oxygen atoms in total. The average molecular weight is 1640 g/mol. The number of allylic oxidation sites excluding steroid dienone is 16. The summed E-state index contributed by atoms with van der Waals surface area (Å²) in [5, 5.41) is 0. The summed E-state index contributed by atoms with van der Waals surface area (Å²) in [6, 6.07) is 0. The van der Waals surface area contributed by atoms with E-state index < -0.39 is 0 Å². The molecule has 20 saturated carbocycles. The van der Waals surface area contributed by atoms with Gasteiger partial charge in [0.2, 0.25) is 0 Å². The minimum absolute atomic E-state index is 0.0101. The van der Waals surface area contributed by atoms with Crippen LogP contribution < -0.4 is 0 Å². The molecule has 0 N–H and O–H groups in total.